The van der Waals surface area contributed by atoms with Crippen LogP contribution in [0.4, 0.5) is 0 Å². The van der Waals surface area contributed by atoms with Crippen molar-refractivity contribution in [2.45, 2.75) is 57.3 Å². The van der Waals surface area contributed by atoms with Crippen LogP contribution in [0, 0.1) is 11.8 Å². The molecule has 0 saturated heterocycles. The Kier molecular flexibility index (Phi) is 7.13. The molecule has 0 aliphatic heterocycles. The molecule has 2 unspecified atom stereocenters. The smallest absolute Gasteiger partial charge is 0.217 e. The molecule has 0 bridgehead atoms. The summed E-state index contributed by atoms with van der Waals surface area (Å²) in [5.41, 5.74) is 7.49. The second-order valence-electron chi connectivity index (χ2n) is 8.72. The van der Waals surface area contributed by atoms with Gasteiger partial charge in [-0.05, 0) is 42.4 Å². The van der Waals surface area contributed by atoms with Crippen LogP contribution in [-0.2, 0) is 4.79 Å². The zero-order valence-electron chi connectivity index (χ0n) is 17.8. The topological polar surface area (TPSA) is 73.1 Å². The Balaban J connectivity index is 1.57. The number of rotatable bonds is 9. The molecule has 1 saturated carbocycles. The number of ketones is 1. The monoisotopic (exact) mass is 434 g/mol. The highest BCUT2D eigenvalue weighted by atomic mass is 32.1. The standard InChI is InChI=1S/C26H30N2O2S/c27-24(29)17-20(18-9-3-1-4-10-18)15-16-21(19-11-5-2-6-12-19)25(30)26-28-22-13-7-8-14-23(22)31-26/h2,5-8,11-14,18,20-21H,1,3-4,9-10,15-17H2,(H2,27,29). The second kappa shape index (κ2) is 10.2. The molecule has 0 spiro atoms. The summed E-state index contributed by atoms with van der Waals surface area (Å²) < 4.78 is 1.03. The zero-order chi connectivity index (χ0) is 21.6. The minimum absolute atomic E-state index is 0.0777. The molecule has 4 rings (SSSR count). The number of para-hydroxylation sites is 1. The third-order valence-electron chi connectivity index (χ3n) is 6.63. The van der Waals surface area contributed by atoms with Gasteiger partial charge in [0.25, 0.3) is 0 Å². The SMILES string of the molecule is NC(=O)CC(CCC(C(=O)c1nc2ccccc2s1)c1ccccc1)C1CCCCC1. The lowest BCUT2D eigenvalue weighted by Gasteiger charge is -2.30. The van der Waals surface area contributed by atoms with E-state index >= 15 is 0 Å². The average Bonchev–Trinajstić information content (AvgIpc) is 3.24. The normalized spacial score (nSPS) is 16.8. The molecular weight excluding hydrogens is 404 g/mol. The number of hydrogen-bond donors (Lipinski definition) is 1. The number of Topliss-reactive ketones (excluding diaryl/α,β-unsaturated/α-hetero) is 1. The largest absolute Gasteiger partial charge is 0.370 e. The van der Waals surface area contributed by atoms with Crippen molar-refractivity contribution in [2.24, 2.45) is 17.6 Å². The zero-order valence-corrected chi connectivity index (χ0v) is 18.7. The lowest BCUT2D eigenvalue weighted by molar-refractivity contribution is -0.119. The van der Waals surface area contributed by atoms with Crippen LogP contribution >= 0.6 is 11.3 Å². The molecule has 1 fully saturated rings. The van der Waals surface area contributed by atoms with Crippen LogP contribution in [0.2, 0.25) is 0 Å². The van der Waals surface area contributed by atoms with Crippen LogP contribution in [0.15, 0.2) is 54.6 Å². The van der Waals surface area contributed by atoms with Crippen molar-refractivity contribution in [2.75, 3.05) is 0 Å². The average molecular weight is 435 g/mol. The summed E-state index contributed by atoms with van der Waals surface area (Å²) >= 11 is 1.47. The van der Waals surface area contributed by atoms with Gasteiger partial charge in [0.05, 0.1) is 10.2 Å². The van der Waals surface area contributed by atoms with Crippen molar-refractivity contribution in [3.05, 3.63) is 65.2 Å². The van der Waals surface area contributed by atoms with Gasteiger partial charge in [-0.1, -0.05) is 74.6 Å². The predicted molar refractivity (Wildman–Crippen MR) is 126 cm³/mol. The van der Waals surface area contributed by atoms with E-state index in [1.54, 1.807) is 0 Å². The number of thiazole rings is 1. The maximum atomic E-state index is 13.6. The Morgan fingerprint density at radius 2 is 1.68 bits per heavy atom. The number of benzene rings is 2. The fourth-order valence-corrected chi connectivity index (χ4v) is 5.97. The summed E-state index contributed by atoms with van der Waals surface area (Å²) in [6, 6.07) is 17.9. The minimum atomic E-state index is -0.249. The van der Waals surface area contributed by atoms with E-state index in [4.69, 9.17) is 5.73 Å². The van der Waals surface area contributed by atoms with Gasteiger partial charge in [-0.3, -0.25) is 9.59 Å². The Morgan fingerprint density at radius 1 is 0.968 bits per heavy atom. The number of fused-ring (bicyclic) bond motifs is 1. The van der Waals surface area contributed by atoms with E-state index in [-0.39, 0.29) is 23.5 Å². The number of primary amides is 1. The number of carbonyl (C=O) groups excluding carboxylic acids is 2. The highest BCUT2D eigenvalue weighted by Gasteiger charge is 2.29. The summed E-state index contributed by atoms with van der Waals surface area (Å²) in [4.78, 5) is 30.0. The number of carbonyl (C=O) groups is 2. The Morgan fingerprint density at radius 3 is 2.39 bits per heavy atom. The van der Waals surface area contributed by atoms with E-state index in [0.29, 0.717) is 23.8 Å². The molecule has 1 aliphatic carbocycles. The van der Waals surface area contributed by atoms with E-state index in [1.165, 1.54) is 43.4 Å². The van der Waals surface area contributed by atoms with Gasteiger partial charge in [0.1, 0.15) is 0 Å². The highest BCUT2D eigenvalue weighted by molar-refractivity contribution is 7.20. The van der Waals surface area contributed by atoms with E-state index in [9.17, 15) is 9.59 Å². The summed E-state index contributed by atoms with van der Waals surface area (Å²) in [5, 5.41) is 0.569. The lowest BCUT2D eigenvalue weighted by Crippen LogP contribution is -2.25. The van der Waals surface area contributed by atoms with E-state index in [2.05, 4.69) is 4.98 Å². The van der Waals surface area contributed by atoms with Gasteiger partial charge >= 0.3 is 0 Å². The van der Waals surface area contributed by atoms with Crippen LogP contribution in [-0.4, -0.2) is 16.7 Å². The van der Waals surface area contributed by atoms with Gasteiger partial charge in [0.2, 0.25) is 5.91 Å². The number of hydrogen-bond acceptors (Lipinski definition) is 4. The van der Waals surface area contributed by atoms with E-state index in [0.717, 1.165) is 22.2 Å². The molecule has 2 N–H and O–H groups in total. The second-order valence-corrected chi connectivity index (χ2v) is 9.75. The van der Waals surface area contributed by atoms with E-state index in [1.807, 2.05) is 54.6 Å². The molecule has 2 aromatic carbocycles. The molecule has 1 aliphatic rings. The lowest BCUT2D eigenvalue weighted by atomic mass is 9.75. The Bertz CT molecular complexity index is 991. The maximum absolute atomic E-state index is 13.6. The van der Waals surface area contributed by atoms with E-state index < -0.39 is 0 Å². The van der Waals surface area contributed by atoms with Crippen molar-refractivity contribution in [1.29, 1.82) is 0 Å². The number of nitrogens with zero attached hydrogens (tertiary/aromatic N) is 1. The first-order valence-corrected chi connectivity index (χ1v) is 12.2. The van der Waals surface area contributed by atoms with Gasteiger partial charge in [-0.25, -0.2) is 4.98 Å². The van der Waals surface area contributed by atoms with Crippen molar-refractivity contribution in [3.8, 4) is 0 Å². The van der Waals surface area contributed by atoms with Crippen LogP contribution in [0.5, 0.6) is 0 Å². The van der Waals surface area contributed by atoms with Gasteiger partial charge in [0.15, 0.2) is 10.8 Å². The third kappa shape index (κ3) is 5.40. The fourth-order valence-electron chi connectivity index (χ4n) is 5.01. The van der Waals surface area contributed by atoms with Gasteiger partial charge in [-0.2, -0.15) is 0 Å². The summed E-state index contributed by atoms with van der Waals surface area (Å²) in [5.74, 6) is 0.390. The summed E-state index contributed by atoms with van der Waals surface area (Å²) in [6.45, 7) is 0. The van der Waals surface area contributed by atoms with Crippen LogP contribution in [0.25, 0.3) is 10.2 Å². The molecule has 2 atom stereocenters. The molecule has 0 radical (unpaired) electrons. The maximum Gasteiger partial charge on any atom is 0.217 e. The van der Waals surface area contributed by atoms with Crippen LogP contribution in [0.3, 0.4) is 0 Å². The Labute approximate surface area is 187 Å². The molecule has 4 nitrogen and oxygen atoms in total. The quantitative estimate of drug-likeness (QED) is 0.413. The minimum Gasteiger partial charge on any atom is -0.370 e. The first-order chi connectivity index (χ1) is 15.1. The number of aromatic nitrogens is 1. The number of nitrogens with two attached hydrogens (primary N) is 1. The summed E-state index contributed by atoms with van der Waals surface area (Å²) in [6.07, 6.45) is 8.04. The fraction of sp³-hybridized carbons (Fsp3) is 0.423. The van der Waals surface area contributed by atoms with Crippen molar-refractivity contribution in [3.63, 3.8) is 0 Å². The number of amides is 1. The Hall–Kier alpha value is -2.53. The van der Waals surface area contributed by atoms with Gasteiger partial charge in [-0.15, -0.1) is 11.3 Å². The van der Waals surface area contributed by atoms with Gasteiger partial charge < -0.3 is 5.73 Å². The van der Waals surface area contributed by atoms with Crippen LogP contribution in [0.1, 0.15) is 72.7 Å². The molecule has 31 heavy (non-hydrogen) atoms. The molecule has 162 valence electrons. The van der Waals surface area contributed by atoms with Crippen LogP contribution < -0.4 is 5.73 Å². The predicted octanol–water partition coefficient (Wildman–Crippen LogP) is 6.11. The summed E-state index contributed by atoms with van der Waals surface area (Å²) in [7, 11) is 0. The third-order valence-corrected chi connectivity index (χ3v) is 7.68. The molecule has 3 aromatic rings. The molecule has 1 aromatic heterocycles. The first kappa shape index (κ1) is 21.7. The van der Waals surface area contributed by atoms with Crippen molar-refractivity contribution < 1.29 is 9.59 Å². The molecule has 1 heterocycles. The first-order valence-electron chi connectivity index (χ1n) is 11.3. The molecule has 5 heteroatoms. The molecule has 1 amide bonds. The van der Waals surface area contributed by atoms with Crippen molar-refractivity contribution >= 4 is 33.2 Å². The molecular formula is C26H30N2O2S. The highest BCUT2D eigenvalue weighted by Crippen LogP contribution is 2.37. The van der Waals surface area contributed by atoms with Crippen molar-refractivity contribution in [1.82, 2.24) is 4.98 Å². The van der Waals surface area contributed by atoms with Gasteiger partial charge in [0, 0.05) is 12.3 Å².